The summed E-state index contributed by atoms with van der Waals surface area (Å²) in [6, 6.07) is 6.79. The predicted molar refractivity (Wildman–Crippen MR) is 79.0 cm³/mol. The van der Waals surface area contributed by atoms with E-state index in [1.165, 1.54) is 18.7 Å². The first kappa shape index (κ1) is 16.4. The Morgan fingerprint density at radius 2 is 2.10 bits per heavy atom. The Kier molecular flexibility index (Phi) is 6.93. The first-order valence-corrected chi connectivity index (χ1v) is 7.48. The molecule has 1 atom stereocenters. The molecule has 0 unspecified atom stereocenters. The Hall–Kier alpha value is -1.69. The normalized spacial score (nSPS) is 11.7. The number of ether oxygens (including phenoxy) is 1. The highest BCUT2D eigenvalue weighted by Crippen LogP contribution is 2.23. The van der Waals surface area contributed by atoms with Gasteiger partial charge < -0.3 is 15.2 Å². The Morgan fingerprint density at radius 3 is 2.70 bits per heavy atom. The van der Waals surface area contributed by atoms with Crippen LogP contribution in [-0.4, -0.2) is 35.4 Å². The van der Waals surface area contributed by atoms with Crippen molar-refractivity contribution in [1.29, 1.82) is 0 Å². The summed E-state index contributed by atoms with van der Waals surface area (Å²) in [5.41, 5.74) is 1.02. The fraction of sp³-hybridized carbons (Fsp3) is 0.429. The van der Waals surface area contributed by atoms with Gasteiger partial charge in [0, 0.05) is 24.0 Å². The zero-order chi connectivity index (χ0) is 15.0. The molecule has 5 nitrogen and oxygen atoms in total. The number of carbonyl (C=O) groups excluding carboxylic acids is 1. The first-order chi connectivity index (χ1) is 9.54. The van der Waals surface area contributed by atoms with Crippen molar-refractivity contribution in [2.45, 2.75) is 25.6 Å². The molecule has 0 heterocycles. The maximum Gasteiger partial charge on any atom is 0.327 e. The van der Waals surface area contributed by atoms with E-state index in [4.69, 9.17) is 9.84 Å². The summed E-state index contributed by atoms with van der Waals surface area (Å²) in [4.78, 5) is 21.9. The van der Waals surface area contributed by atoms with Gasteiger partial charge in [0.25, 0.3) is 0 Å². The van der Waals surface area contributed by atoms with Crippen LogP contribution in [0.2, 0.25) is 0 Å². The number of aliphatic carboxylic acids is 1. The van der Waals surface area contributed by atoms with E-state index in [9.17, 15) is 9.59 Å². The third kappa shape index (κ3) is 5.52. The second-order valence-corrected chi connectivity index (χ2v) is 5.18. The number of amides is 1. The van der Waals surface area contributed by atoms with Crippen molar-refractivity contribution in [3.05, 3.63) is 29.8 Å². The van der Waals surface area contributed by atoms with Gasteiger partial charge in [-0.15, -0.1) is 0 Å². The van der Waals surface area contributed by atoms with Gasteiger partial charge >= 0.3 is 5.97 Å². The van der Waals surface area contributed by atoms with E-state index in [2.05, 4.69) is 5.32 Å². The number of benzene rings is 1. The number of carboxylic acids is 1. The summed E-state index contributed by atoms with van der Waals surface area (Å²) in [6.45, 7) is 3.82. The fourth-order valence-electron chi connectivity index (χ4n) is 1.63. The third-order valence-corrected chi connectivity index (χ3v) is 3.57. The van der Waals surface area contributed by atoms with Crippen molar-refractivity contribution in [2.75, 3.05) is 12.4 Å². The molecule has 1 aromatic rings. The fourth-order valence-corrected chi connectivity index (χ4v) is 2.66. The highest BCUT2D eigenvalue weighted by Gasteiger charge is 2.18. The van der Waals surface area contributed by atoms with Gasteiger partial charge in [0.15, 0.2) is 0 Å². The van der Waals surface area contributed by atoms with Gasteiger partial charge in [-0.25, -0.2) is 4.79 Å². The summed E-state index contributed by atoms with van der Waals surface area (Å²) in [5.74, 6) is 0.405. The van der Waals surface area contributed by atoms with Crippen LogP contribution in [0.1, 0.15) is 19.4 Å². The standard InChI is InChI=1S/C14H19NO4S/c1-3-19-13-7-5-4-6-11(13)8-20-9-12(14(17)18)15-10(2)16/h4-7,12H,3,8-9H2,1-2H3,(H,15,16)(H,17,18)/t12-/m0/s1. The molecule has 0 aromatic heterocycles. The predicted octanol–water partition coefficient (Wildman–Crippen LogP) is 1.91. The lowest BCUT2D eigenvalue weighted by Crippen LogP contribution is -2.41. The minimum atomic E-state index is -1.02. The summed E-state index contributed by atoms with van der Waals surface area (Å²) in [7, 11) is 0. The third-order valence-electron chi connectivity index (χ3n) is 2.49. The molecule has 1 rings (SSSR count). The smallest absolute Gasteiger partial charge is 0.327 e. The van der Waals surface area contributed by atoms with Gasteiger partial charge in [-0.1, -0.05) is 18.2 Å². The molecule has 6 heteroatoms. The quantitative estimate of drug-likeness (QED) is 0.766. The number of rotatable bonds is 8. The molecule has 0 bridgehead atoms. The van der Waals surface area contributed by atoms with Crippen LogP contribution in [0.3, 0.4) is 0 Å². The number of hydrogen-bond donors (Lipinski definition) is 2. The van der Waals surface area contributed by atoms with Crippen LogP contribution in [-0.2, 0) is 15.3 Å². The molecule has 20 heavy (non-hydrogen) atoms. The Morgan fingerprint density at radius 1 is 1.40 bits per heavy atom. The van der Waals surface area contributed by atoms with Gasteiger partial charge in [0.1, 0.15) is 11.8 Å². The van der Waals surface area contributed by atoms with E-state index in [1.807, 2.05) is 31.2 Å². The number of thioether (sulfide) groups is 1. The Balaban J connectivity index is 2.54. The van der Waals surface area contributed by atoms with E-state index in [-0.39, 0.29) is 5.91 Å². The SMILES string of the molecule is CCOc1ccccc1CSC[C@H](NC(C)=O)C(=O)O. The molecule has 0 aliphatic carbocycles. The van der Waals surface area contributed by atoms with Crippen LogP contribution in [0.25, 0.3) is 0 Å². The molecular formula is C14H19NO4S. The van der Waals surface area contributed by atoms with Crippen LogP contribution >= 0.6 is 11.8 Å². The van der Waals surface area contributed by atoms with Gasteiger partial charge in [-0.3, -0.25) is 4.79 Å². The van der Waals surface area contributed by atoms with E-state index >= 15 is 0 Å². The van der Waals surface area contributed by atoms with Crippen molar-refractivity contribution >= 4 is 23.6 Å². The lowest BCUT2D eigenvalue weighted by Gasteiger charge is -2.14. The molecule has 0 spiro atoms. The van der Waals surface area contributed by atoms with E-state index in [0.29, 0.717) is 18.1 Å². The molecule has 0 fully saturated rings. The highest BCUT2D eigenvalue weighted by atomic mass is 32.2. The van der Waals surface area contributed by atoms with E-state index in [0.717, 1.165) is 11.3 Å². The molecule has 110 valence electrons. The summed E-state index contributed by atoms with van der Waals surface area (Å²) in [6.07, 6.45) is 0. The second kappa shape index (κ2) is 8.47. The van der Waals surface area contributed by atoms with Crippen molar-refractivity contribution in [3.8, 4) is 5.75 Å². The average molecular weight is 297 g/mol. The zero-order valence-corrected chi connectivity index (χ0v) is 12.4. The molecule has 0 saturated carbocycles. The summed E-state index contributed by atoms with van der Waals surface area (Å²) < 4.78 is 5.51. The number of nitrogens with one attached hydrogen (secondary N) is 1. The van der Waals surface area contributed by atoms with Crippen LogP contribution in [0.5, 0.6) is 5.75 Å². The van der Waals surface area contributed by atoms with Gasteiger partial charge in [-0.05, 0) is 13.0 Å². The molecule has 0 saturated heterocycles. The molecule has 1 amide bonds. The molecule has 1 aromatic carbocycles. The van der Waals surface area contributed by atoms with Crippen molar-refractivity contribution in [3.63, 3.8) is 0 Å². The number of carbonyl (C=O) groups is 2. The largest absolute Gasteiger partial charge is 0.494 e. The Labute approximate surface area is 122 Å². The maximum absolute atomic E-state index is 11.0. The van der Waals surface area contributed by atoms with Crippen LogP contribution in [0.15, 0.2) is 24.3 Å². The van der Waals surface area contributed by atoms with Crippen LogP contribution in [0, 0.1) is 0 Å². The van der Waals surface area contributed by atoms with Gasteiger partial charge in [-0.2, -0.15) is 11.8 Å². The van der Waals surface area contributed by atoms with Crippen molar-refractivity contribution in [2.24, 2.45) is 0 Å². The van der Waals surface area contributed by atoms with Crippen LogP contribution < -0.4 is 10.1 Å². The molecule has 0 radical (unpaired) electrons. The minimum absolute atomic E-state index is 0.315. The lowest BCUT2D eigenvalue weighted by atomic mass is 10.2. The molecule has 2 N–H and O–H groups in total. The average Bonchev–Trinajstić information content (AvgIpc) is 2.39. The summed E-state index contributed by atoms with van der Waals surface area (Å²) >= 11 is 1.45. The van der Waals surface area contributed by atoms with Crippen molar-refractivity contribution < 1.29 is 19.4 Å². The molecular weight excluding hydrogens is 278 g/mol. The minimum Gasteiger partial charge on any atom is -0.494 e. The van der Waals surface area contributed by atoms with Gasteiger partial charge in [0.05, 0.1) is 6.61 Å². The first-order valence-electron chi connectivity index (χ1n) is 6.33. The monoisotopic (exact) mass is 297 g/mol. The zero-order valence-electron chi connectivity index (χ0n) is 11.6. The molecule has 0 aliphatic heterocycles. The van der Waals surface area contributed by atoms with E-state index in [1.54, 1.807) is 0 Å². The lowest BCUT2D eigenvalue weighted by molar-refractivity contribution is -0.140. The van der Waals surface area contributed by atoms with Crippen LogP contribution in [0.4, 0.5) is 0 Å². The maximum atomic E-state index is 11.0. The highest BCUT2D eigenvalue weighted by molar-refractivity contribution is 7.98. The topological polar surface area (TPSA) is 75.6 Å². The van der Waals surface area contributed by atoms with Gasteiger partial charge in [0.2, 0.25) is 5.91 Å². The Bertz CT molecular complexity index is 464. The summed E-state index contributed by atoms with van der Waals surface area (Å²) in [5, 5.41) is 11.4. The number of carboxylic acid groups (broad SMARTS) is 1. The molecule has 0 aliphatic rings. The van der Waals surface area contributed by atoms with Crippen molar-refractivity contribution in [1.82, 2.24) is 5.32 Å². The second-order valence-electron chi connectivity index (χ2n) is 4.15. The number of hydrogen-bond acceptors (Lipinski definition) is 4. The number of para-hydroxylation sites is 1. The van der Waals surface area contributed by atoms with E-state index < -0.39 is 12.0 Å².